The fraction of sp³-hybridized carbons (Fsp3) is 0.600. The van der Waals surface area contributed by atoms with Gasteiger partial charge in [0.25, 0.3) is 0 Å². The number of carbonyl (C=O) groups is 2. The number of nitrogens with zero attached hydrogens (tertiary/aromatic N) is 1. The topological polar surface area (TPSA) is 75.4 Å². The molecule has 2 unspecified atom stereocenters. The van der Waals surface area contributed by atoms with Gasteiger partial charge >= 0.3 is 0 Å². The highest BCUT2D eigenvalue weighted by molar-refractivity contribution is 5.85. The summed E-state index contributed by atoms with van der Waals surface area (Å²) in [5.74, 6) is 0.268. The van der Waals surface area contributed by atoms with Crippen molar-refractivity contribution in [3.63, 3.8) is 0 Å². The van der Waals surface area contributed by atoms with Gasteiger partial charge in [-0.1, -0.05) is 50.1 Å². The number of carbonyl (C=O) groups excluding carboxylic acids is 2. The molecule has 0 bridgehead atoms. The number of hydrogen-bond donors (Lipinski definition) is 2. The summed E-state index contributed by atoms with van der Waals surface area (Å²) in [5, 5.41) is 3.02. The van der Waals surface area contributed by atoms with Crippen LogP contribution in [0.25, 0.3) is 0 Å². The summed E-state index contributed by atoms with van der Waals surface area (Å²) in [5.41, 5.74) is 8.36. The van der Waals surface area contributed by atoms with Crippen LogP contribution in [0.15, 0.2) is 24.3 Å². The minimum Gasteiger partial charge on any atom is -0.352 e. The van der Waals surface area contributed by atoms with Crippen LogP contribution in [0.2, 0.25) is 0 Å². The molecule has 6 heteroatoms. The molecule has 1 saturated heterocycles. The number of hydrogen-bond acceptors (Lipinski definition) is 3. The molecule has 26 heavy (non-hydrogen) atoms. The highest BCUT2D eigenvalue weighted by Crippen LogP contribution is 2.19. The van der Waals surface area contributed by atoms with Gasteiger partial charge in [-0.25, -0.2) is 0 Å². The summed E-state index contributed by atoms with van der Waals surface area (Å²) in [6.45, 7) is 7.88. The minimum absolute atomic E-state index is 0. The van der Waals surface area contributed by atoms with E-state index in [0.717, 1.165) is 12.0 Å². The summed E-state index contributed by atoms with van der Waals surface area (Å²) in [6, 6.07) is 7.73. The lowest BCUT2D eigenvalue weighted by Crippen LogP contribution is -2.50. The number of halogens is 1. The number of piperidine rings is 1. The van der Waals surface area contributed by atoms with Crippen LogP contribution in [-0.2, 0) is 16.1 Å². The van der Waals surface area contributed by atoms with Crippen LogP contribution in [0.4, 0.5) is 0 Å². The summed E-state index contributed by atoms with van der Waals surface area (Å²) < 4.78 is 0. The first-order valence-corrected chi connectivity index (χ1v) is 9.30. The highest BCUT2D eigenvalue weighted by atomic mass is 35.5. The molecular weight excluding hydrogens is 350 g/mol. The number of aryl methyl sites for hydroxylation is 1. The van der Waals surface area contributed by atoms with E-state index in [1.165, 1.54) is 5.56 Å². The molecule has 1 heterocycles. The van der Waals surface area contributed by atoms with E-state index in [2.05, 4.69) is 5.32 Å². The SMILES string of the molecule is CCC(C)C(N)C(=O)N1CCC(C(=O)NCc2ccc(C)cc2)CC1.Cl. The molecule has 5 nitrogen and oxygen atoms in total. The number of nitrogens with two attached hydrogens (primary N) is 1. The van der Waals surface area contributed by atoms with E-state index in [-0.39, 0.29) is 36.1 Å². The van der Waals surface area contributed by atoms with Gasteiger partial charge in [0.2, 0.25) is 11.8 Å². The Hall–Kier alpha value is -1.59. The van der Waals surface area contributed by atoms with E-state index in [4.69, 9.17) is 5.73 Å². The molecule has 2 amide bonds. The van der Waals surface area contributed by atoms with Crippen molar-refractivity contribution in [2.45, 2.75) is 52.6 Å². The third-order valence-corrected chi connectivity index (χ3v) is 5.31. The Balaban J connectivity index is 0.00000338. The number of likely N-dealkylation sites (tertiary alicyclic amines) is 1. The first kappa shape index (κ1) is 22.5. The highest BCUT2D eigenvalue weighted by Gasteiger charge is 2.30. The van der Waals surface area contributed by atoms with Crippen molar-refractivity contribution in [2.24, 2.45) is 17.6 Å². The van der Waals surface area contributed by atoms with Crippen molar-refractivity contribution >= 4 is 24.2 Å². The molecule has 1 aliphatic heterocycles. The molecule has 0 spiro atoms. The minimum atomic E-state index is -0.433. The molecular formula is C20H32ClN3O2. The number of benzene rings is 1. The molecule has 1 aliphatic rings. The Bertz CT molecular complexity index is 583. The maximum absolute atomic E-state index is 12.4. The van der Waals surface area contributed by atoms with E-state index in [1.54, 1.807) is 0 Å². The zero-order chi connectivity index (χ0) is 18.4. The van der Waals surface area contributed by atoms with Crippen LogP contribution in [-0.4, -0.2) is 35.8 Å². The van der Waals surface area contributed by atoms with Crippen LogP contribution < -0.4 is 11.1 Å². The lowest BCUT2D eigenvalue weighted by atomic mass is 9.93. The van der Waals surface area contributed by atoms with Gasteiger partial charge in [-0.2, -0.15) is 0 Å². The molecule has 146 valence electrons. The fourth-order valence-electron chi connectivity index (χ4n) is 3.11. The molecule has 0 aromatic heterocycles. The van der Waals surface area contributed by atoms with Gasteiger partial charge in [0.1, 0.15) is 0 Å². The predicted molar refractivity (Wildman–Crippen MR) is 107 cm³/mol. The van der Waals surface area contributed by atoms with Gasteiger partial charge in [-0.15, -0.1) is 12.4 Å². The fourth-order valence-corrected chi connectivity index (χ4v) is 3.11. The average Bonchev–Trinajstić information content (AvgIpc) is 2.65. The van der Waals surface area contributed by atoms with Gasteiger partial charge in [-0.3, -0.25) is 9.59 Å². The standard InChI is InChI=1S/C20H31N3O2.ClH/c1-4-15(3)18(21)20(25)23-11-9-17(10-12-23)19(24)22-13-16-7-5-14(2)6-8-16;/h5-8,15,17-18H,4,9-13,21H2,1-3H3,(H,22,24);1H. The Morgan fingerprint density at radius 3 is 2.35 bits per heavy atom. The second kappa shape index (κ2) is 10.5. The van der Waals surface area contributed by atoms with Crippen molar-refractivity contribution in [3.05, 3.63) is 35.4 Å². The first-order valence-electron chi connectivity index (χ1n) is 9.30. The summed E-state index contributed by atoms with van der Waals surface area (Å²) in [7, 11) is 0. The van der Waals surface area contributed by atoms with Crippen molar-refractivity contribution < 1.29 is 9.59 Å². The average molecular weight is 382 g/mol. The van der Waals surface area contributed by atoms with Gasteiger partial charge in [0.05, 0.1) is 6.04 Å². The number of rotatable bonds is 6. The normalized spacial score (nSPS) is 17.2. The first-order chi connectivity index (χ1) is 11.9. The summed E-state index contributed by atoms with van der Waals surface area (Å²) in [4.78, 5) is 26.6. The van der Waals surface area contributed by atoms with E-state index >= 15 is 0 Å². The van der Waals surface area contributed by atoms with Gasteiger partial charge in [0.15, 0.2) is 0 Å². The second-order valence-electron chi connectivity index (χ2n) is 7.21. The van der Waals surface area contributed by atoms with Crippen molar-refractivity contribution in [3.8, 4) is 0 Å². The van der Waals surface area contributed by atoms with E-state index in [0.29, 0.717) is 32.5 Å². The Labute approximate surface area is 163 Å². The second-order valence-corrected chi connectivity index (χ2v) is 7.21. The van der Waals surface area contributed by atoms with Gasteiger partial charge in [-0.05, 0) is 31.2 Å². The molecule has 0 saturated carbocycles. The van der Waals surface area contributed by atoms with Crippen LogP contribution in [0.3, 0.4) is 0 Å². The maximum atomic E-state index is 12.4. The monoisotopic (exact) mass is 381 g/mol. The Morgan fingerprint density at radius 2 is 1.81 bits per heavy atom. The predicted octanol–water partition coefficient (Wildman–Crippen LogP) is 2.65. The van der Waals surface area contributed by atoms with Crippen molar-refractivity contribution in [1.29, 1.82) is 0 Å². The van der Waals surface area contributed by atoms with Crippen LogP contribution in [0.1, 0.15) is 44.2 Å². The summed E-state index contributed by atoms with van der Waals surface area (Å²) in [6.07, 6.45) is 2.31. The van der Waals surface area contributed by atoms with Crippen molar-refractivity contribution in [1.82, 2.24) is 10.2 Å². The van der Waals surface area contributed by atoms with Gasteiger partial charge < -0.3 is 16.0 Å². The van der Waals surface area contributed by atoms with Crippen molar-refractivity contribution in [2.75, 3.05) is 13.1 Å². The lowest BCUT2D eigenvalue weighted by Gasteiger charge is -2.34. The zero-order valence-electron chi connectivity index (χ0n) is 16.0. The van der Waals surface area contributed by atoms with E-state index in [9.17, 15) is 9.59 Å². The quantitative estimate of drug-likeness (QED) is 0.795. The molecule has 3 N–H and O–H groups in total. The molecule has 2 rings (SSSR count). The Kier molecular flexibility index (Phi) is 9.09. The van der Waals surface area contributed by atoms with Gasteiger partial charge in [0, 0.05) is 25.6 Å². The Morgan fingerprint density at radius 1 is 1.23 bits per heavy atom. The lowest BCUT2D eigenvalue weighted by molar-refractivity contribution is -0.137. The largest absolute Gasteiger partial charge is 0.352 e. The van der Waals surface area contributed by atoms with Crippen LogP contribution in [0, 0.1) is 18.8 Å². The smallest absolute Gasteiger partial charge is 0.239 e. The molecule has 0 aliphatic carbocycles. The molecule has 0 radical (unpaired) electrons. The molecule has 1 fully saturated rings. The van der Waals surface area contributed by atoms with Crippen LogP contribution in [0.5, 0.6) is 0 Å². The molecule has 2 atom stereocenters. The third kappa shape index (κ3) is 5.99. The number of nitrogens with one attached hydrogen (secondary N) is 1. The zero-order valence-corrected chi connectivity index (χ0v) is 16.8. The molecule has 1 aromatic carbocycles. The van der Waals surface area contributed by atoms with E-state index in [1.807, 2.05) is 49.9 Å². The molecule has 1 aromatic rings. The van der Waals surface area contributed by atoms with E-state index < -0.39 is 6.04 Å². The summed E-state index contributed by atoms with van der Waals surface area (Å²) >= 11 is 0. The third-order valence-electron chi connectivity index (χ3n) is 5.31. The number of amides is 2. The van der Waals surface area contributed by atoms with Crippen LogP contribution >= 0.6 is 12.4 Å². The maximum Gasteiger partial charge on any atom is 0.239 e.